The molecule has 0 radical (unpaired) electrons. The zero-order valence-electron chi connectivity index (χ0n) is 11.5. The van der Waals surface area contributed by atoms with Gasteiger partial charge < -0.3 is 9.72 Å². The quantitative estimate of drug-likeness (QED) is 0.796. The van der Waals surface area contributed by atoms with Crippen LogP contribution in [0.3, 0.4) is 0 Å². The van der Waals surface area contributed by atoms with Crippen LogP contribution >= 0.6 is 0 Å². The molecule has 1 aromatic heterocycles. The monoisotopic (exact) mass is 301 g/mol. The van der Waals surface area contributed by atoms with E-state index in [4.69, 9.17) is 4.74 Å². The summed E-state index contributed by atoms with van der Waals surface area (Å²) in [4.78, 5) is 2.83. The number of halogens is 4. The number of aromatic amines is 1. The number of nitrogens with one attached hydrogen (secondary N) is 1. The average molecular weight is 301 g/mol. The highest BCUT2D eigenvalue weighted by molar-refractivity contribution is 5.89. The average Bonchev–Trinajstić information content (AvgIpc) is 2.80. The smallest absolute Gasteiger partial charge is 0.372 e. The number of H-pyrrole nitrogens is 1. The molecule has 6 heteroatoms. The second-order valence-electron chi connectivity index (χ2n) is 5.26. The highest BCUT2D eigenvalue weighted by Crippen LogP contribution is 2.42. The first-order valence-corrected chi connectivity index (χ1v) is 6.95. The van der Waals surface area contributed by atoms with Crippen molar-refractivity contribution in [2.24, 2.45) is 0 Å². The van der Waals surface area contributed by atoms with Gasteiger partial charge in [0, 0.05) is 11.1 Å². The van der Waals surface area contributed by atoms with Gasteiger partial charge >= 0.3 is 6.18 Å². The van der Waals surface area contributed by atoms with E-state index in [-0.39, 0.29) is 17.0 Å². The van der Waals surface area contributed by atoms with Gasteiger partial charge in [-0.1, -0.05) is 13.3 Å². The third-order valence-electron chi connectivity index (χ3n) is 3.89. The highest BCUT2D eigenvalue weighted by atomic mass is 19.4. The second kappa shape index (κ2) is 5.02. The Kier molecular flexibility index (Phi) is 3.43. The molecule has 0 fully saturated rings. The van der Waals surface area contributed by atoms with Gasteiger partial charge in [0.05, 0.1) is 23.8 Å². The van der Waals surface area contributed by atoms with Crippen LogP contribution in [0.25, 0.3) is 10.9 Å². The summed E-state index contributed by atoms with van der Waals surface area (Å²) in [6.07, 6.45) is -2.88. The maximum atomic E-state index is 13.9. The Bertz CT molecular complexity index is 674. The van der Waals surface area contributed by atoms with Gasteiger partial charge in [-0.15, -0.1) is 0 Å². The van der Waals surface area contributed by atoms with Crippen LogP contribution in [0.5, 0.6) is 0 Å². The zero-order chi connectivity index (χ0) is 15.2. The largest absolute Gasteiger partial charge is 0.417 e. The minimum absolute atomic E-state index is 0.0399. The standard InChI is InChI=1S/C15H15F4NO/c1-2-3-11-13-8(6-7-21-11)12-9(15(17,18)19)4-5-10(16)14(12)20-13/h4-5,11,20H,2-3,6-7H2,1H3. The topological polar surface area (TPSA) is 25.0 Å². The minimum Gasteiger partial charge on any atom is -0.372 e. The highest BCUT2D eigenvalue weighted by Gasteiger charge is 2.36. The maximum absolute atomic E-state index is 13.9. The molecule has 1 unspecified atom stereocenters. The molecule has 1 N–H and O–H groups in total. The van der Waals surface area contributed by atoms with Crippen LogP contribution in [0.4, 0.5) is 17.6 Å². The molecular formula is C15H15F4NO. The lowest BCUT2D eigenvalue weighted by Gasteiger charge is -2.23. The van der Waals surface area contributed by atoms with Crippen molar-refractivity contribution in [1.82, 2.24) is 4.98 Å². The van der Waals surface area contributed by atoms with E-state index in [1.54, 1.807) is 0 Å². The molecule has 1 atom stereocenters. The lowest BCUT2D eigenvalue weighted by atomic mass is 9.97. The van der Waals surface area contributed by atoms with E-state index in [0.717, 1.165) is 18.6 Å². The summed E-state index contributed by atoms with van der Waals surface area (Å²) in [6, 6.07) is 1.68. The van der Waals surface area contributed by atoms with Crippen molar-refractivity contribution < 1.29 is 22.3 Å². The van der Waals surface area contributed by atoms with Crippen LogP contribution in [0.1, 0.15) is 42.7 Å². The summed E-state index contributed by atoms with van der Waals surface area (Å²) in [5.41, 5.74) is 0.283. The van der Waals surface area contributed by atoms with Gasteiger partial charge in [-0.3, -0.25) is 0 Å². The Morgan fingerprint density at radius 2 is 2.10 bits per heavy atom. The molecule has 1 aliphatic heterocycles. The first-order chi connectivity index (χ1) is 9.93. The number of benzene rings is 1. The fraction of sp³-hybridized carbons (Fsp3) is 0.467. The lowest BCUT2D eigenvalue weighted by molar-refractivity contribution is -0.136. The summed E-state index contributed by atoms with van der Waals surface area (Å²) in [6.45, 7) is 2.33. The van der Waals surface area contributed by atoms with Crippen LogP contribution in [0.2, 0.25) is 0 Å². The van der Waals surface area contributed by atoms with Crippen LogP contribution < -0.4 is 0 Å². The van der Waals surface area contributed by atoms with E-state index < -0.39 is 17.6 Å². The second-order valence-corrected chi connectivity index (χ2v) is 5.26. The molecule has 3 rings (SSSR count). The Hall–Kier alpha value is -1.56. The number of alkyl halides is 3. The van der Waals surface area contributed by atoms with E-state index in [1.165, 1.54) is 0 Å². The SMILES string of the molecule is CCCC1OCCc2c1[nH]c1c(F)ccc(C(F)(F)F)c21. The van der Waals surface area contributed by atoms with Gasteiger partial charge in [-0.25, -0.2) is 4.39 Å². The summed E-state index contributed by atoms with van der Waals surface area (Å²) in [5.74, 6) is -0.664. The summed E-state index contributed by atoms with van der Waals surface area (Å²) in [7, 11) is 0. The molecule has 0 aliphatic carbocycles. The summed E-state index contributed by atoms with van der Waals surface area (Å²) >= 11 is 0. The number of hydrogen-bond donors (Lipinski definition) is 1. The third-order valence-corrected chi connectivity index (χ3v) is 3.89. The van der Waals surface area contributed by atoms with Crippen molar-refractivity contribution >= 4 is 10.9 Å². The Labute approximate surface area is 119 Å². The minimum atomic E-state index is -4.50. The first kappa shape index (κ1) is 14.4. The fourth-order valence-electron chi connectivity index (χ4n) is 3.00. The van der Waals surface area contributed by atoms with Crippen LogP contribution in [-0.4, -0.2) is 11.6 Å². The maximum Gasteiger partial charge on any atom is 0.417 e. The van der Waals surface area contributed by atoms with Crippen LogP contribution in [-0.2, 0) is 17.3 Å². The molecule has 2 aromatic rings. The van der Waals surface area contributed by atoms with Crippen molar-refractivity contribution in [1.29, 1.82) is 0 Å². The van der Waals surface area contributed by atoms with Crippen LogP contribution in [0.15, 0.2) is 12.1 Å². The Morgan fingerprint density at radius 3 is 2.76 bits per heavy atom. The number of hydrogen-bond acceptors (Lipinski definition) is 1. The molecule has 1 aliphatic rings. The molecule has 0 spiro atoms. The number of rotatable bonds is 2. The zero-order valence-corrected chi connectivity index (χ0v) is 11.5. The van der Waals surface area contributed by atoms with Gasteiger partial charge in [0.1, 0.15) is 5.82 Å². The Morgan fingerprint density at radius 1 is 1.33 bits per heavy atom. The lowest BCUT2D eigenvalue weighted by Crippen LogP contribution is -2.16. The van der Waals surface area contributed by atoms with Crippen molar-refractivity contribution in [2.45, 2.75) is 38.5 Å². The molecule has 0 saturated carbocycles. The van der Waals surface area contributed by atoms with E-state index >= 15 is 0 Å². The molecule has 0 bridgehead atoms. The Balaban J connectivity index is 2.28. The van der Waals surface area contributed by atoms with Gasteiger partial charge in [-0.05, 0) is 30.5 Å². The van der Waals surface area contributed by atoms with E-state index in [2.05, 4.69) is 4.98 Å². The van der Waals surface area contributed by atoms with Crippen LogP contribution in [0, 0.1) is 5.82 Å². The van der Waals surface area contributed by atoms with Gasteiger partial charge in [0.15, 0.2) is 0 Å². The normalized spacial score (nSPS) is 19.0. The van der Waals surface area contributed by atoms with Gasteiger partial charge in [-0.2, -0.15) is 13.2 Å². The third kappa shape index (κ3) is 2.31. The van der Waals surface area contributed by atoms with Crippen molar-refractivity contribution in [3.05, 3.63) is 34.8 Å². The molecule has 21 heavy (non-hydrogen) atoms. The number of fused-ring (bicyclic) bond motifs is 3. The van der Waals surface area contributed by atoms with Gasteiger partial charge in [0.25, 0.3) is 0 Å². The van der Waals surface area contributed by atoms with Gasteiger partial charge in [0.2, 0.25) is 0 Å². The molecule has 1 aromatic carbocycles. The van der Waals surface area contributed by atoms with E-state index in [0.29, 0.717) is 30.7 Å². The summed E-state index contributed by atoms with van der Waals surface area (Å²) < 4.78 is 59.0. The number of ether oxygens (including phenoxy) is 1. The molecule has 114 valence electrons. The molecule has 0 saturated heterocycles. The fourth-order valence-corrected chi connectivity index (χ4v) is 3.00. The van der Waals surface area contributed by atoms with Crippen molar-refractivity contribution in [3.63, 3.8) is 0 Å². The van der Waals surface area contributed by atoms with E-state index in [9.17, 15) is 17.6 Å². The molecular weight excluding hydrogens is 286 g/mol. The number of aromatic nitrogens is 1. The van der Waals surface area contributed by atoms with Crippen molar-refractivity contribution in [3.8, 4) is 0 Å². The predicted molar refractivity (Wildman–Crippen MR) is 70.6 cm³/mol. The summed E-state index contributed by atoms with van der Waals surface area (Å²) in [5, 5.41) is -0.0399. The first-order valence-electron chi connectivity index (χ1n) is 6.95. The molecule has 2 heterocycles. The molecule has 0 amide bonds. The van der Waals surface area contributed by atoms with E-state index in [1.807, 2.05) is 6.92 Å². The van der Waals surface area contributed by atoms with Crippen molar-refractivity contribution in [2.75, 3.05) is 6.61 Å². The predicted octanol–water partition coefficient (Wildman–Crippen LogP) is 4.74. The molecule has 2 nitrogen and oxygen atoms in total.